The van der Waals surface area contributed by atoms with Gasteiger partial charge in [0.05, 0.1) is 5.92 Å². The molecule has 124 valence electrons. The van der Waals surface area contributed by atoms with E-state index in [9.17, 15) is 13.2 Å². The third-order valence-corrected chi connectivity index (χ3v) is 5.32. The Bertz CT molecular complexity index is 348. The van der Waals surface area contributed by atoms with E-state index in [1.54, 1.807) is 0 Å². The Balaban J connectivity index is 2.19. The summed E-state index contributed by atoms with van der Waals surface area (Å²) in [6, 6.07) is 0.257. The number of likely N-dealkylation sites (N-methyl/N-ethyl adjacent to an activating group) is 1. The van der Waals surface area contributed by atoms with Gasteiger partial charge in [0.15, 0.2) is 0 Å². The van der Waals surface area contributed by atoms with Gasteiger partial charge in [-0.15, -0.1) is 0 Å². The second-order valence-electron chi connectivity index (χ2n) is 6.92. The van der Waals surface area contributed by atoms with Crippen molar-refractivity contribution in [3.8, 4) is 0 Å². The van der Waals surface area contributed by atoms with Crippen molar-refractivity contribution in [2.24, 2.45) is 11.7 Å². The topological polar surface area (TPSA) is 32.5 Å². The van der Waals surface area contributed by atoms with Crippen molar-refractivity contribution in [2.45, 2.75) is 56.8 Å². The Labute approximate surface area is 125 Å². The number of hydrogen-bond acceptors (Lipinski definition) is 3. The Kier molecular flexibility index (Phi) is 5.21. The molecule has 0 spiro atoms. The molecule has 0 bridgehead atoms. The minimum absolute atomic E-state index is 0.168. The molecule has 0 aromatic carbocycles. The number of hydrogen-bond donors (Lipinski definition) is 1. The summed E-state index contributed by atoms with van der Waals surface area (Å²) in [5, 5.41) is 0. The zero-order chi connectivity index (χ0) is 15.7. The summed E-state index contributed by atoms with van der Waals surface area (Å²) in [6.07, 6.45) is -1.25. The first-order valence-corrected chi connectivity index (χ1v) is 8.00. The van der Waals surface area contributed by atoms with Crippen molar-refractivity contribution in [2.75, 3.05) is 33.2 Å². The molecule has 3 atom stereocenters. The van der Waals surface area contributed by atoms with Crippen molar-refractivity contribution in [1.82, 2.24) is 9.80 Å². The SMILES string of the molecule is CC1CN(C)CCCN1C1(CN)CCCC(C(F)(F)F)C1. The zero-order valence-electron chi connectivity index (χ0n) is 13.1. The Morgan fingerprint density at radius 3 is 2.57 bits per heavy atom. The van der Waals surface area contributed by atoms with Crippen LogP contribution in [0.1, 0.15) is 39.0 Å². The predicted octanol–water partition coefficient (Wildman–Crippen LogP) is 2.46. The molecule has 6 heteroatoms. The first-order valence-electron chi connectivity index (χ1n) is 8.00. The Morgan fingerprint density at radius 1 is 1.24 bits per heavy atom. The first-order chi connectivity index (χ1) is 9.78. The molecule has 21 heavy (non-hydrogen) atoms. The standard InChI is InChI=1S/C15H28F3N3/c1-12-10-20(2)7-4-8-21(12)14(11-19)6-3-5-13(9-14)15(16,17)18/h12-13H,3-11,19H2,1-2H3. The Morgan fingerprint density at radius 2 is 1.95 bits per heavy atom. The van der Waals surface area contributed by atoms with Crippen LogP contribution in [0.5, 0.6) is 0 Å². The van der Waals surface area contributed by atoms with E-state index >= 15 is 0 Å². The van der Waals surface area contributed by atoms with Crippen LogP contribution in [0.15, 0.2) is 0 Å². The smallest absolute Gasteiger partial charge is 0.329 e. The Hall–Kier alpha value is -0.330. The van der Waals surface area contributed by atoms with Gasteiger partial charge in [0.1, 0.15) is 0 Å². The number of alkyl halides is 3. The maximum absolute atomic E-state index is 13.2. The van der Waals surface area contributed by atoms with Crippen LogP contribution in [0.2, 0.25) is 0 Å². The molecule has 0 amide bonds. The summed E-state index contributed by atoms with van der Waals surface area (Å²) in [6.45, 7) is 5.21. The van der Waals surface area contributed by atoms with Crippen LogP contribution in [-0.4, -0.2) is 60.8 Å². The van der Waals surface area contributed by atoms with Gasteiger partial charge >= 0.3 is 6.18 Å². The van der Waals surface area contributed by atoms with Crippen LogP contribution in [0.25, 0.3) is 0 Å². The number of halogens is 3. The molecule has 3 nitrogen and oxygen atoms in total. The van der Waals surface area contributed by atoms with E-state index in [0.717, 1.165) is 32.5 Å². The van der Waals surface area contributed by atoms with E-state index in [1.807, 2.05) is 0 Å². The van der Waals surface area contributed by atoms with Crippen molar-refractivity contribution < 1.29 is 13.2 Å². The van der Waals surface area contributed by atoms with Gasteiger partial charge in [0, 0.05) is 31.2 Å². The zero-order valence-corrected chi connectivity index (χ0v) is 13.1. The molecule has 3 unspecified atom stereocenters. The molecular formula is C15H28F3N3. The van der Waals surface area contributed by atoms with Crippen LogP contribution >= 0.6 is 0 Å². The van der Waals surface area contributed by atoms with E-state index in [0.29, 0.717) is 13.0 Å². The lowest BCUT2D eigenvalue weighted by atomic mass is 9.73. The highest BCUT2D eigenvalue weighted by molar-refractivity contribution is 5.00. The molecule has 1 saturated carbocycles. The third-order valence-electron chi connectivity index (χ3n) is 5.32. The molecule has 2 fully saturated rings. The molecule has 2 N–H and O–H groups in total. The normalized spacial score (nSPS) is 37.4. The molecule has 1 heterocycles. The molecule has 2 rings (SSSR count). The summed E-state index contributed by atoms with van der Waals surface area (Å²) in [5.74, 6) is -1.19. The molecule has 2 aliphatic rings. The van der Waals surface area contributed by atoms with Crippen LogP contribution < -0.4 is 5.73 Å². The maximum atomic E-state index is 13.2. The fraction of sp³-hybridized carbons (Fsp3) is 1.00. The van der Waals surface area contributed by atoms with Gasteiger partial charge in [-0.2, -0.15) is 13.2 Å². The quantitative estimate of drug-likeness (QED) is 0.850. The van der Waals surface area contributed by atoms with E-state index in [-0.39, 0.29) is 18.9 Å². The van der Waals surface area contributed by atoms with Gasteiger partial charge in [-0.3, -0.25) is 4.90 Å². The van der Waals surface area contributed by atoms with Gasteiger partial charge in [-0.05, 0) is 46.2 Å². The largest absolute Gasteiger partial charge is 0.391 e. The van der Waals surface area contributed by atoms with E-state index in [4.69, 9.17) is 5.73 Å². The van der Waals surface area contributed by atoms with Crippen LogP contribution in [0.3, 0.4) is 0 Å². The fourth-order valence-electron chi connectivity index (χ4n) is 4.26. The van der Waals surface area contributed by atoms with Crippen molar-refractivity contribution in [1.29, 1.82) is 0 Å². The lowest BCUT2D eigenvalue weighted by Gasteiger charge is -2.50. The monoisotopic (exact) mass is 307 g/mol. The summed E-state index contributed by atoms with van der Waals surface area (Å²) < 4.78 is 39.5. The van der Waals surface area contributed by atoms with Gasteiger partial charge in [-0.1, -0.05) is 6.42 Å². The first kappa shape index (κ1) is 17.0. The minimum atomic E-state index is -4.09. The maximum Gasteiger partial charge on any atom is 0.391 e. The molecule has 1 saturated heterocycles. The van der Waals surface area contributed by atoms with E-state index < -0.39 is 17.6 Å². The van der Waals surface area contributed by atoms with Crippen molar-refractivity contribution in [3.63, 3.8) is 0 Å². The highest BCUT2D eigenvalue weighted by atomic mass is 19.4. The highest BCUT2D eigenvalue weighted by Gasteiger charge is 2.50. The van der Waals surface area contributed by atoms with Gasteiger partial charge < -0.3 is 10.6 Å². The second kappa shape index (κ2) is 6.42. The molecule has 1 aliphatic carbocycles. The fourth-order valence-corrected chi connectivity index (χ4v) is 4.26. The molecule has 1 aliphatic heterocycles. The van der Waals surface area contributed by atoms with E-state index in [1.165, 1.54) is 0 Å². The lowest BCUT2D eigenvalue weighted by molar-refractivity contribution is -0.195. The number of nitrogens with two attached hydrogens (primary N) is 1. The molecule has 0 radical (unpaired) electrons. The average molecular weight is 307 g/mol. The second-order valence-corrected chi connectivity index (χ2v) is 6.92. The van der Waals surface area contributed by atoms with Crippen molar-refractivity contribution in [3.05, 3.63) is 0 Å². The van der Waals surface area contributed by atoms with Gasteiger partial charge in [0.2, 0.25) is 0 Å². The highest BCUT2D eigenvalue weighted by Crippen LogP contribution is 2.44. The van der Waals surface area contributed by atoms with Gasteiger partial charge in [0.25, 0.3) is 0 Å². The molecular weight excluding hydrogens is 279 g/mol. The van der Waals surface area contributed by atoms with Crippen molar-refractivity contribution >= 4 is 0 Å². The lowest BCUT2D eigenvalue weighted by Crippen LogP contribution is -2.61. The predicted molar refractivity (Wildman–Crippen MR) is 78.1 cm³/mol. The van der Waals surface area contributed by atoms with Crippen LogP contribution in [-0.2, 0) is 0 Å². The van der Waals surface area contributed by atoms with Crippen LogP contribution in [0, 0.1) is 5.92 Å². The minimum Gasteiger partial charge on any atom is -0.329 e. The molecule has 0 aromatic heterocycles. The number of nitrogens with zero attached hydrogens (tertiary/aromatic N) is 2. The van der Waals surface area contributed by atoms with Crippen LogP contribution in [0.4, 0.5) is 13.2 Å². The average Bonchev–Trinajstić information content (AvgIpc) is 2.58. The van der Waals surface area contributed by atoms with Gasteiger partial charge in [-0.25, -0.2) is 0 Å². The summed E-state index contributed by atoms with van der Waals surface area (Å²) in [4.78, 5) is 4.55. The molecule has 0 aromatic rings. The summed E-state index contributed by atoms with van der Waals surface area (Å²) >= 11 is 0. The van der Waals surface area contributed by atoms with E-state index in [2.05, 4.69) is 23.8 Å². The summed E-state index contributed by atoms with van der Waals surface area (Å²) in [7, 11) is 2.08. The third kappa shape index (κ3) is 3.71. The summed E-state index contributed by atoms with van der Waals surface area (Å²) in [5.41, 5.74) is 5.53. The number of rotatable bonds is 2.